The van der Waals surface area contributed by atoms with E-state index in [2.05, 4.69) is 5.32 Å². The quantitative estimate of drug-likeness (QED) is 0.502. The van der Waals surface area contributed by atoms with Crippen molar-refractivity contribution < 1.29 is 31.1 Å². The van der Waals surface area contributed by atoms with Crippen LogP contribution in [0.5, 0.6) is 5.75 Å². The van der Waals surface area contributed by atoms with Gasteiger partial charge in [-0.1, -0.05) is 6.07 Å². The van der Waals surface area contributed by atoms with Crippen LogP contribution in [0.1, 0.15) is 15.9 Å². The van der Waals surface area contributed by atoms with E-state index in [1.807, 2.05) is 0 Å². The fourth-order valence-corrected chi connectivity index (χ4v) is 5.31. The van der Waals surface area contributed by atoms with Crippen LogP contribution in [0, 0.1) is 6.92 Å². The van der Waals surface area contributed by atoms with Gasteiger partial charge in [0.1, 0.15) is 12.4 Å². The average molecular weight is 512 g/mol. The number of morpholine rings is 1. The highest BCUT2D eigenvalue weighted by Crippen LogP contribution is 2.23. The molecular formula is C22H29N3O7S2. The monoisotopic (exact) mass is 511 g/mol. The second-order valence-electron chi connectivity index (χ2n) is 7.82. The lowest BCUT2D eigenvalue weighted by molar-refractivity contribution is 0.0730. The molecule has 0 unspecified atom stereocenters. The van der Waals surface area contributed by atoms with Gasteiger partial charge in [-0.2, -0.15) is 4.31 Å². The molecule has 12 heteroatoms. The summed E-state index contributed by atoms with van der Waals surface area (Å²) < 4.78 is 62.3. The van der Waals surface area contributed by atoms with E-state index >= 15 is 0 Å². The number of aryl methyl sites for hydroxylation is 1. The summed E-state index contributed by atoms with van der Waals surface area (Å²) in [5.41, 5.74) is 1.49. The molecule has 0 atom stereocenters. The Labute approximate surface area is 200 Å². The van der Waals surface area contributed by atoms with Crippen LogP contribution in [-0.4, -0.2) is 79.8 Å². The van der Waals surface area contributed by atoms with Gasteiger partial charge < -0.3 is 14.8 Å². The number of rotatable bonds is 9. The Balaban J connectivity index is 1.53. The Bertz CT molecular complexity index is 1220. The zero-order valence-corrected chi connectivity index (χ0v) is 21.0. The van der Waals surface area contributed by atoms with Gasteiger partial charge in [0.25, 0.3) is 5.91 Å². The van der Waals surface area contributed by atoms with Crippen molar-refractivity contribution in [2.75, 3.05) is 57.1 Å². The van der Waals surface area contributed by atoms with Crippen LogP contribution in [0.2, 0.25) is 0 Å². The van der Waals surface area contributed by atoms with Crippen molar-refractivity contribution in [3.63, 3.8) is 0 Å². The van der Waals surface area contributed by atoms with E-state index in [1.54, 1.807) is 31.2 Å². The number of nitrogens with zero attached hydrogens (tertiary/aromatic N) is 2. The Morgan fingerprint density at radius 1 is 1.09 bits per heavy atom. The molecule has 1 heterocycles. The topological polar surface area (TPSA) is 122 Å². The second kappa shape index (κ2) is 10.7. The number of hydrogen-bond acceptors (Lipinski definition) is 7. The first kappa shape index (κ1) is 25.9. The maximum absolute atomic E-state index is 12.7. The molecule has 34 heavy (non-hydrogen) atoms. The number of ether oxygens (including phenoxy) is 2. The lowest BCUT2D eigenvalue weighted by Gasteiger charge is -2.26. The molecule has 0 aliphatic carbocycles. The molecule has 0 saturated carbocycles. The number of sulfonamides is 2. The maximum atomic E-state index is 12.7. The van der Waals surface area contributed by atoms with Crippen molar-refractivity contribution in [3.8, 4) is 5.75 Å². The molecule has 0 bridgehead atoms. The third kappa shape index (κ3) is 6.26. The fourth-order valence-electron chi connectivity index (χ4n) is 3.35. The summed E-state index contributed by atoms with van der Waals surface area (Å²) in [6.07, 6.45) is 1.10. The molecule has 2 aromatic carbocycles. The first-order chi connectivity index (χ1) is 16.0. The average Bonchev–Trinajstić information content (AvgIpc) is 2.82. The van der Waals surface area contributed by atoms with Crippen LogP contribution < -0.4 is 14.4 Å². The van der Waals surface area contributed by atoms with Crippen LogP contribution in [0.3, 0.4) is 0 Å². The van der Waals surface area contributed by atoms with Gasteiger partial charge in [-0.05, 0) is 48.9 Å². The standard InChI is InChI=1S/C22H29N3O7S2/c1-17-4-5-18(16-21(17)24(2)33(3,27)28)22(26)23-10-13-32-19-6-8-20(9-7-19)34(29,30)25-11-14-31-15-12-25/h4-9,16H,10-15H2,1-3H3,(H,23,26). The second-order valence-corrected chi connectivity index (χ2v) is 11.8. The summed E-state index contributed by atoms with van der Waals surface area (Å²) in [7, 11) is -5.59. The molecule has 1 amide bonds. The van der Waals surface area contributed by atoms with E-state index in [1.165, 1.54) is 29.6 Å². The lowest BCUT2D eigenvalue weighted by Crippen LogP contribution is -2.40. The molecular weight excluding hydrogens is 482 g/mol. The van der Waals surface area contributed by atoms with Crippen LogP contribution in [0.4, 0.5) is 5.69 Å². The number of amides is 1. The van der Waals surface area contributed by atoms with Crippen LogP contribution in [0.25, 0.3) is 0 Å². The van der Waals surface area contributed by atoms with Gasteiger partial charge in [-0.3, -0.25) is 9.10 Å². The Kier molecular flexibility index (Phi) is 8.18. The zero-order valence-electron chi connectivity index (χ0n) is 19.4. The molecule has 1 fully saturated rings. The van der Waals surface area contributed by atoms with Crippen molar-refractivity contribution in [1.82, 2.24) is 9.62 Å². The first-order valence-electron chi connectivity index (χ1n) is 10.6. The highest BCUT2D eigenvalue weighted by atomic mass is 32.2. The van der Waals surface area contributed by atoms with Gasteiger partial charge in [0.05, 0.1) is 36.6 Å². The van der Waals surface area contributed by atoms with Crippen molar-refractivity contribution >= 4 is 31.6 Å². The van der Waals surface area contributed by atoms with Gasteiger partial charge in [-0.15, -0.1) is 0 Å². The molecule has 1 saturated heterocycles. The lowest BCUT2D eigenvalue weighted by atomic mass is 10.1. The van der Waals surface area contributed by atoms with Gasteiger partial charge in [0, 0.05) is 25.7 Å². The van der Waals surface area contributed by atoms with Crippen molar-refractivity contribution in [2.45, 2.75) is 11.8 Å². The number of benzene rings is 2. The minimum absolute atomic E-state index is 0.170. The van der Waals surface area contributed by atoms with Gasteiger partial charge in [-0.25, -0.2) is 16.8 Å². The van der Waals surface area contributed by atoms with E-state index in [-0.39, 0.29) is 24.0 Å². The summed E-state index contributed by atoms with van der Waals surface area (Å²) in [6, 6.07) is 11.0. The summed E-state index contributed by atoms with van der Waals surface area (Å²) >= 11 is 0. The normalized spacial score (nSPS) is 15.0. The van der Waals surface area contributed by atoms with E-state index in [0.29, 0.717) is 43.3 Å². The molecule has 2 aromatic rings. The third-order valence-electron chi connectivity index (χ3n) is 5.40. The van der Waals surface area contributed by atoms with Crippen LogP contribution in [-0.2, 0) is 24.8 Å². The molecule has 0 spiro atoms. The maximum Gasteiger partial charge on any atom is 0.251 e. The summed E-state index contributed by atoms with van der Waals surface area (Å²) in [5, 5.41) is 2.73. The van der Waals surface area contributed by atoms with Crippen molar-refractivity contribution in [1.29, 1.82) is 0 Å². The molecule has 186 valence electrons. The van der Waals surface area contributed by atoms with Crippen LogP contribution >= 0.6 is 0 Å². The molecule has 1 aliphatic rings. The number of nitrogens with one attached hydrogen (secondary N) is 1. The first-order valence-corrected chi connectivity index (χ1v) is 13.9. The van der Waals surface area contributed by atoms with E-state index in [9.17, 15) is 21.6 Å². The molecule has 1 aliphatic heterocycles. The highest BCUT2D eigenvalue weighted by Gasteiger charge is 2.26. The Morgan fingerprint density at radius 3 is 2.35 bits per heavy atom. The smallest absolute Gasteiger partial charge is 0.251 e. The van der Waals surface area contributed by atoms with Crippen molar-refractivity contribution in [3.05, 3.63) is 53.6 Å². The highest BCUT2D eigenvalue weighted by molar-refractivity contribution is 7.92. The van der Waals surface area contributed by atoms with Gasteiger partial charge in [0.2, 0.25) is 20.0 Å². The summed E-state index contributed by atoms with van der Waals surface area (Å²) in [6.45, 7) is 3.56. The Morgan fingerprint density at radius 2 is 1.74 bits per heavy atom. The molecule has 1 N–H and O–H groups in total. The SMILES string of the molecule is Cc1ccc(C(=O)NCCOc2ccc(S(=O)(=O)N3CCOCC3)cc2)cc1N(C)S(C)(=O)=O. The van der Waals surface area contributed by atoms with E-state index in [0.717, 1.165) is 16.1 Å². The number of hydrogen-bond donors (Lipinski definition) is 1. The number of carbonyl (C=O) groups excluding carboxylic acids is 1. The largest absolute Gasteiger partial charge is 0.492 e. The van der Waals surface area contributed by atoms with Crippen LogP contribution in [0.15, 0.2) is 47.4 Å². The number of anilines is 1. The van der Waals surface area contributed by atoms with E-state index < -0.39 is 20.0 Å². The van der Waals surface area contributed by atoms with Gasteiger partial charge in [0.15, 0.2) is 0 Å². The van der Waals surface area contributed by atoms with E-state index in [4.69, 9.17) is 9.47 Å². The zero-order chi connectivity index (χ0) is 24.9. The predicted molar refractivity (Wildman–Crippen MR) is 128 cm³/mol. The third-order valence-corrected chi connectivity index (χ3v) is 8.50. The predicted octanol–water partition coefficient (Wildman–Crippen LogP) is 1.22. The molecule has 3 rings (SSSR count). The molecule has 0 aromatic heterocycles. The summed E-state index contributed by atoms with van der Waals surface area (Å²) in [4.78, 5) is 12.7. The van der Waals surface area contributed by atoms with Gasteiger partial charge >= 0.3 is 0 Å². The number of carbonyl (C=O) groups is 1. The minimum atomic E-state index is -3.57. The minimum Gasteiger partial charge on any atom is -0.492 e. The fraction of sp³-hybridized carbons (Fsp3) is 0.409. The molecule has 0 radical (unpaired) electrons. The molecule has 10 nitrogen and oxygen atoms in total. The summed E-state index contributed by atoms with van der Waals surface area (Å²) in [5.74, 6) is 0.112. The Hall–Kier alpha value is -2.67. The van der Waals surface area contributed by atoms with Crippen molar-refractivity contribution in [2.24, 2.45) is 0 Å².